The summed E-state index contributed by atoms with van der Waals surface area (Å²) in [5.74, 6) is 3.19. The lowest BCUT2D eigenvalue weighted by atomic mass is 10.0. The molecule has 1 atom stereocenters. The average molecular weight is 501 g/mol. The number of nitrogens with one attached hydrogen (secondary N) is 2. The number of aryl methyl sites for hydroxylation is 1. The van der Waals surface area contributed by atoms with Crippen LogP contribution in [0.5, 0.6) is 0 Å². The van der Waals surface area contributed by atoms with Crippen molar-refractivity contribution in [3.63, 3.8) is 0 Å². The van der Waals surface area contributed by atoms with E-state index in [1.54, 1.807) is 17.9 Å². The Labute approximate surface area is 215 Å². The first-order valence-electron chi connectivity index (χ1n) is 12.0. The van der Waals surface area contributed by atoms with E-state index in [0.717, 1.165) is 12.1 Å². The quantitative estimate of drug-likeness (QED) is 0.453. The molecule has 3 amide bonds. The molecule has 2 aromatic heterocycles. The molecule has 0 aliphatic carbocycles. The highest BCUT2D eigenvalue weighted by Crippen LogP contribution is 2.29. The topological polar surface area (TPSA) is 135 Å². The van der Waals surface area contributed by atoms with Gasteiger partial charge in [0.2, 0.25) is 5.91 Å². The number of nitriles is 1. The summed E-state index contributed by atoms with van der Waals surface area (Å²) in [5.41, 5.74) is 2.47. The SMILES string of the molecule is C#C[C@H](C)Nc1cc(NC(=O)N2CCCc3cc(CN4CCN(C)CC4=O)c(C=O)nc32)ncc1C#N. The molecule has 0 bridgehead atoms. The lowest BCUT2D eigenvalue weighted by molar-refractivity contribution is -0.136. The lowest BCUT2D eigenvalue weighted by Crippen LogP contribution is -2.48. The summed E-state index contributed by atoms with van der Waals surface area (Å²) in [6.07, 6.45) is 8.86. The van der Waals surface area contributed by atoms with Crippen LogP contribution in [-0.2, 0) is 17.8 Å². The van der Waals surface area contributed by atoms with E-state index >= 15 is 0 Å². The van der Waals surface area contributed by atoms with Gasteiger partial charge < -0.3 is 10.2 Å². The summed E-state index contributed by atoms with van der Waals surface area (Å²) in [5, 5.41) is 15.1. The molecule has 2 aliphatic heterocycles. The summed E-state index contributed by atoms with van der Waals surface area (Å²) in [7, 11) is 1.90. The van der Waals surface area contributed by atoms with Gasteiger partial charge in [-0.1, -0.05) is 5.92 Å². The molecule has 190 valence electrons. The number of carbonyl (C=O) groups is 3. The second-order valence-corrected chi connectivity index (χ2v) is 9.13. The molecule has 0 saturated carbocycles. The Hall–Kier alpha value is -4.48. The van der Waals surface area contributed by atoms with Crippen molar-refractivity contribution in [2.24, 2.45) is 0 Å². The number of anilines is 3. The Morgan fingerprint density at radius 2 is 2.14 bits per heavy atom. The van der Waals surface area contributed by atoms with Gasteiger partial charge in [-0.2, -0.15) is 5.26 Å². The first-order chi connectivity index (χ1) is 17.8. The van der Waals surface area contributed by atoms with Crippen molar-refractivity contribution >= 4 is 35.5 Å². The second kappa shape index (κ2) is 11.1. The van der Waals surface area contributed by atoms with E-state index < -0.39 is 6.03 Å². The maximum atomic E-state index is 13.2. The van der Waals surface area contributed by atoms with Crippen molar-refractivity contribution < 1.29 is 14.4 Å². The van der Waals surface area contributed by atoms with Crippen molar-refractivity contribution in [1.29, 1.82) is 5.26 Å². The molecule has 1 saturated heterocycles. The number of nitrogens with zero attached hydrogens (tertiary/aromatic N) is 6. The second-order valence-electron chi connectivity index (χ2n) is 9.13. The van der Waals surface area contributed by atoms with E-state index in [1.807, 2.05) is 24.1 Å². The number of aromatic nitrogens is 2. The zero-order chi connectivity index (χ0) is 26.5. The molecule has 11 heteroatoms. The van der Waals surface area contributed by atoms with Gasteiger partial charge in [-0.05, 0) is 38.4 Å². The van der Waals surface area contributed by atoms with Crippen LogP contribution < -0.4 is 15.5 Å². The fourth-order valence-electron chi connectivity index (χ4n) is 4.37. The van der Waals surface area contributed by atoms with E-state index in [4.69, 9.17) is 6.42 Å². The van der Waals surface area contributed by atoms with Crippen molar-refractivity contribution in [3.05, 3.63) is 40.7 Å². The van der Waals surface area contributed by atoms with Crippen molar-refractivity contribution in [2.45, 2.75) is 32.4 Å². The van der Waals surface area contributed by atoms with Gasteiger partial charge in [-0.3, -0.25) is 24.7 Å². The van der Waals surface area contributed by atoms with Crippen LogP contribution in [0.2, 0.25) is 0 Å². The van der Waals surface area contributed by atoms with E-state index in [2.05, 4.69) is 26.5 Å². The van der Waals surface area contributed by atoms with E-state index in [0.29, 0.717) is 67.9 Å². The van der Waals surface area contributed by atoms with Crippen LogP contribution in [0.4, 0.5) is 22.1 Å². The highest BCUT2D eigenvalue weighted by atomic mass is 16.2. The number of carbonyl (C=O) groups excluding carboxylic acids is 3. The number of hydrogen-bond acceptors (Lipinski definition) is 8. The molecule has 2 aliphatic rings. The minimum atomic E-state index is -0.458. The number of urea groups is 1. The lowest BCUT2D eigenvalue weighted by Gasteiger charge is -2.33. The highest BCUT2D eigenvalue weighted by molar-refractivity contribution is 6.02. The molecule has 4 rings (SSSR count). The molecule has 2 aromatic rings. The number of rotatable bonds is 6. The molecule has 4 heterocycles. The van der Waals surface area contributed by atoms with Crippen molar-refractivity contribution in [1.82, 2.24) is 19.8 Å². The number of piperazine rings is 1. The van der Waals surface area contributed by atoms with E-state index in [9.17, 15) is 19.6 Å². The number of terminal acetylenes is 1. The average Bonchev–Trinajstić information content (AvgIpc) is 2.89. The zero-order valence-corrected chi connectivity index (χ0v) is 20.8. The number of amides is 3. The Balaban J connectivity index is 1.56. The number of pyridine rings is 2. The molecular formula is C26H28N8O3. The molecule has 0 unspecified atom stereocenters. The van der Waals surface area contributed by atoms with Crippen LogP contribution in [0.15, 0.2) is 18.3 Å². The molecule has 2 N–H and O–H groups in total. The van der Waals surface area contributed by atoms with Crippen LogP contribution >= 0.6 is 0 Å². The zero-order valence-electron chi connectivity index (χ0n) is 20.8. The predicted octanol–water partition coefficient (Wildman–Crippen LogP) is 1.85. The number of aldehydes is 1. The summed E-state index contributed by atoms with van der Waals surface area (Å²) >= 11 is 0. The Morgan fingerprint density at radius 3 is 2.84 bits per heavy atom. The van der Waals surface area contributed by atoms with Crippen LogP contribution in [0.1, 0.15) is 40.5 Å². The van der Waals surface area contributed by atoms with Crippen molar-refractivity contribution in [2.75, 3.05) is 48.8 Å². The number of likely N-dealkylation sites (N-methyl/N-ethyl adjacent to an activating group) is 1. The van der Waals surface area contributed by atoms with Gasteiger partial charge in [0.15, 0.2) is 6.29 Å². The Bertz CT molecular complexity index is 1310. The number of fused-ring (bicyclic) bond motifs is 1. The van der Waals surface area contributed by atoms with Crippen molar-refractivity contribution in [3.8, 4) is 18.4 Å². The van der Waals surface area contributed by atoms with Gasteiger partial charge >= 0.3 is 6.03 Å². The third kappa shape index (κ3) is 5.68. The van der Waals surface area contributed by atoms with E-state index in [1.165, 1.54) is 11.1 Å². The van der Waals surface area contributed by atoms with Gasteiger partial charge in [0.25, 0.3) is 0 Å². The van der Waals surface area contributed by atoms with Crippen LogP contribution in [0.3, 0.4) is 0 Å². The Kier molecular flexibility index (Phi) is 7.66. The van der Waals surface area contributed by atoms with Gasteiger partial charge in [0.1, 0.15) is 23.4 Å². The van der Waals surface area contributed by atoms with Gasteiger partial charge in [0.05, 0.1) is 23.8 Å². The summed E-state index contributed by atoms with van der Waals surface area (Å²) in [6.45, 7) is 4.16. The monoisotopic (exact) mass is 500 g/mol. The number of hydrogen-bond donors (Lipinski definition) is 2. The maximum Gasteiger partial charge on any atom is 0.328 e. The molecular weight excluding hydrogens is 472 g/mol. The molecule has 0 radical (unpaired) electrons. The molecule has 37 heavy (non-hydrogen) atoms. The first kappa shape index (κ1) is 25.6. The van der Waals surface area contributed by atoms with Gasteiger partial charge in [-0.15, -0.1) is 6.42 Å². The fourth-order valence-corrected chi connectivity index (χ4v) is 4.37. The molecule has 0 aromatic carbocycles. The molecule has 1 fully saturated rings. The smallest absolute Gasteiger partial charge is 0.328 e. The first-order valence-corrected chi connectivity index (χ1v) is 12.0. The standard InChI is InChI=1S/C26H28N8O3/c1-4-17(2)29-21-11-23(28-13-20(21)12-27)31-26(37)34-7-5-6-18-10-19(22(16-35)30-25(18)34)14-33-9-8-32(3)15-24(33)36/h1,10-11,13,16-17H,5-9,14-15H2,2-3H3,(H2,28,29,31,37)/t17-/m0/s1. The maximum absolute atomic E-state index is 13.2. The Morgan fingerprint density at radius 1 is 1.32 bits per heavy atom. The molecule has 11 nitrogen and oxygen atoms in total. The van der Waals surface area contributed by atoms with E-state index in [-0.39, 0.29) is 23.5 Å². The normalized spacial score (nSPS) is 16.3. The third-order valence-corrected chi connectivity index (χ3v) is 6.38. The minimum Gasteiger partial charge on any atom is -0.371 e. The largest absolute Gasteiger partial charge is 0.371 e. The van der Waals surface area contributed by atoms with Crippen LogP contribution in [0, 0.1) is 23.7 Å². The minimum absolute atomic E-state index is 0.00439. The third-order valence-electron chi connectivity index (χ3n) is 6.38. The highest BCUT2D eigenvalue weighted by Gasteiger charge is 2.28. The van der Waals surface area contributed by atoms with Crippen LogP contribution in [0.25, 0.3) is 0 Å². The summed E-state index contributed by atoms with van der Waals surface area (Å²) in [6, 6.07) is 4.69. The van der Waals surface area contributed by atoms with Gasteiger partial charge in [-0.25, -0.2) is 14.8 Å². The van der Waals surface area contributed by atoms with Crippen LogP contribution in [-0.4, -0.2) is 77.3 Å². The molecule has 0 spiro atoms. The summed E-state index contributed by atoms with van der Waals surface area (Å²) in [4.78, 5) is 51.4. The predicted molar refractivity (Wildman–Crippen MR) is 138 cm³/mol. The summed E-state index contributed by atoms with van der Waals surface area (Å²) < 4.78 is 0. The fraction of sp³-hybridized carbons (Fsp3) is 0.385. The van der Waals surface area contributed by atoms with Gasteiger partial charge in [0, 0.05) is 44.0 Å².